The van der Waals surface area contributed by atoms with Crippen LogP contribution in [0.2, 0.25) is 0 Å². The van der Waals surface area contributed by atoms with E-state index in [0.717, 1.165) is 12.8 Å². The molecule has 0 radical (unpaired) electrons. The second kappa shape index (κ2) is 7.40. The number of nitrogens with one attached hydrogen (secondary N) is 1. The van der Waals surface area contributed by atoms with Crippen LogP contribution in [0.25, 0.3) is 0 Å². The number of hydrogen-bond donors (Lipinski definition) is 2. The molecular weight excluding hydrogens is 294 g/mol. The van der Waals surface area contributed by atoms with Gasteiger partial charge < -0.3 is 10.4 Å². The predicted molar refractivity (Wildman–Crippen MR) is 86.1 cm³/mol. The van der Waals surface area contributed by atoms with Crippen LogP contribution in [0.3, 0.4) is 0 Å². The smallest absolute Gasteiger partial charge is 0.308 e. The van der Waals surface area contributed by atoms with E-state index in [1.54, 1.807) is 31.2 Å². The molecule has 2 unspecified atom stereocenters. The third kappa shape index (κ3) is 4.41. The van der Waals surface area contributed by atoms with Crippen LogP contribution in [0.1, 0.15) is 55.8 Å². The number of rotatable bonds is 6. The predicted octanol–water partition coefficient (Wildman–Crippen LogP) is 2.80. The van der Waals surface area contributed by atoms with Gasteiger partial charge in [0, 0.05) is 18.4 Å². The van der Waals surface area contributed by atoms with E-state index in [-0.39, 0.29) is 24.5 Å². The highest BCUT2D eigenvalue weighted by Crippen LogP contribution is 2.33. The van der Waals surface area contributed by atoms with Gasteiger partial charge in [0.15, 0.2) is 5.78 Å². The van der Waals surface area contributed by atoms with E-state index < -0.39 is 17.4 Å². The Morgan fingerprint density at radius 3 is 2.52 bits per heavy atom. The first-order chi connectivity index (χ1) is 10.9. The first-order valence-electron chi connectivity index (χ1n) is 8.04. The van der Waals surface area contributed by atoms with E-state index in [9.17, 15) is 19.5 Å². The van der Waals surface area contributed by atoms with E-state index in [1.165, 1.54) is 0 Å². The van der Waals surface area contributed by atoms with Crippen LogP contribution in [-0.2, 0) is 9.59 Å². The fourth-order valence-electron chi connectivity index (χ4n) is 3.26. The topological polar surface area (TPSA) is 83.5 Å². The van der Waals surface area contributed by atoms with Crippen molar-refractivity contribution in [3.05, 3.63) is 35.9 Å². The largest absolute Gasteiger partial charge is 0.481 e. The normalized spacial score (nSPS) is 24.0. The van der Waals surface area contributed by atoms with E-state index in [1.807, 2.05) is 6.07 Å². The molecule has 0 aromatic heterocycles. The highest BCUT2D eigenvalue weighted by molar-refractivity contribution is 5.98. The Bertz CT molecular complexity index is 584. The maximum atomic E-state index is 12.2. The lowest BCUT2D eigenvalue weighted by molar-refractivity contribution is -0.146. The molecule has 2 atom stereocenters. The molecule has 1 saturated carbocycles. The summed E-state index contributed by atoms with van der Waals surface area (Å²) in [5.41, 5.74) is -0.135. The number of Topliss-reactive ketones (excluding diaryl/α,β-unsaturated/α-hetero) is 1. The molecule has 1 amide bonds. The molecule has 1 fully saturated rings. The minimum atomic E-state index is -0.868. The van der Waals surface area contributed by atoms with E-state index in [2.05, 4.69) is 5.32 Å². The van der Waals surface area contributed by atoms with Crippen molar-refractivity contribution in [1.82, 2.24) is 5.32 Å². The minimum Gasteiger partial charge on any atom is -0.481 e. The molecule has 0 spiro atoms. The van der Waals surface area contributed by atoms with Gasteiger partial charge in [-0.1, -0.05) is 43.2 Å². The van der Waals surface area contributed by atoms with Gasteiger partial charge in [-0.3, -0.25) is 14.4 Å². The molecule has 5 heteroatoms. The molecule has 0 aliphatic heterocycles. The standard InChI is InChI=1S/C18H23NO4/c1-18(12-6-5-9-14(18)17(22)23)19-16(21)11-10-15(20)13-7-3-2-4-8-13/h2-4,7-8,14H,5-6,9-12H2,1H3,(H,19,21)(H,22,23). The number of ketones is 1. The Kier molecular flexibility index (Phi) is 5.53. The number of hydrogen-bond acceptors (Lipinski definition) is 3. The fourth-order valence-corrected chi connectivity index (χ4v) is 3.26. The number of carbonyl (C=O) groups is 3. The Balaban J connectivity index is 1.91. The van der Waals surface area contributed by atoms with E-state index >= 15 is 0 Å². The van der Waals surface area contributed by atoms with Crippen LogP contribution in [0.15, 0.2) is 30.3 Å². The number of amides is 1. The van der Waals surface area contributed by atoms with Crippen LogP contribution < -0.4 is 5.32 Å². The molecule has 0 bridgehead atoms. The Morgan fingerprint density at radius 2 is 1.87 bits per heavy atom. The average molecular weight is 317 g/mol. The van der Waals surface area contributed by atoms with Gasteiger partial charge in [-0.15, -0.1) is 0 Å². The van der Waals surface area contributed by atoms with Crippen molar-refractivity contribution in [2.75, 3.05) is 0 Å². The SMILES string of the molecule is CC1(NC(=O)CCC(=O)c2ccccc2)CCCCC1C(=O)O. The van der Waals surface area contributed by atoms with Crippen molar-refractivity contribution >= 4 is 17.7 Å². The summed E-state index contributed by atoms with van der Waals surface area (Å²) in [4.78, 5) is 35.6. The van der Waals surface area contributed by atoms with Crippen LogP contribution in [0.5, 0.6) is 0 Å². The Hall–Kier alpha value is -2.17. The summed E-state index contributed by atoms with van der Waals surface area (Å²) in [6.07, 6.45) is 3.22. The lowest BCUT2D eigenvalue weighted by atomic mass is 9.74. The molecule has 1 aromatic carbocycles. The van der Waals surface area contributed by atoms with Gasteiger partial charge in [-0.05, 0) is 19.8 Å². The molecule has 0 saturated heterocycles. The highest BCUT2D eigenvalue weighted by Gasteiger charge is 2.42. The number of benzene rings is 1. The molecule has 2 rings (SSSR count). The molecular formula is C18H23NO4. The summed E-state index contributed by atoms with van der Waals surface area (Å²) < 4.78 is 0. The summed E-state index contributed by atoms with van der Waals surface area (Å²) in [6.45, 7) is 1.79. The van der Waals surface area contributed by atoms with Crippen molar-refractivity contribution in [3.8, 4) is 0 Å². The van der Waals surface area contributed by atoms with Crippen molar-refractivity contribution in [3.63, 3.8) is 0 Å². The number of aliphatic carboxylic acids is 1. The molecule has 1 aliphatic carbocycles. The van der Waals surface area contributed by atoms with Gasteiger partial charge in [0.2, 0.25) is 5.91 Å². The second-order valence-electron chi connectivity index (χ2n) is 6.39. The minimum absolute atomic E-state index is 0.0790. The first kappa shape index (κ1) is 17.2. The van der Waals surface area contributed by atoms with Gasteiger partial charge in [-0.2, -0.15) is 0 Å². The fraction of sp³-hybridized carbons (Fsp3) is 0.500. The Morgan fingerprint density at radius 1 is 1.17 bits per heavy atom. The van der Waals surface area contributed by atoms with Crippen molar-refractivity contribution in [1.29, 1.82) is 0 Å². The molecule has 124 valence electrons. The number of carbonyl (C=O) groups excluding carboxylic acids is 2. The first-order valence-corrected chi connectivity index (χ1v) is 8.04. The van der Waals surface area contributed by atoms with Crippen LogP contribution in [0.4, 0.5) is 0 Å². The van der Waals surface area contributed by atoms with Gasteiger partial charge in [0.05, 0.1) is 11.5 Å². The molecule has 1 aliphatic rings. The van der Waals surface area contributed by atoms with E-state index in [4.69, 9.17) is 0 Å². The van der Waals surface area contributed by atoms with Gasteiger partial charge in [-0.25, -0.2) is 0 Å². The quantitative estimate of drug-likeness (QED) is 0.790. The summed E-state index contributed by atoms with van der Waals surface area (Å²) in [5, 5.41) is 12.2. The number of carboxylic acid groups (broad SMARTS) is 1. The maximum Gasteiger partial charge on any atom is 0.308 e. The molecule has 1 aromatic rings. The third-order valence-electron chi connectivity index (χ3n) is 4.61. The van der Waals surface area contributed by atoms with Crippen molar-refractivity contribution in [2.24, 2.45) is 5.92 Å². The molecule has 5 nitrogen and oxygen atoms in total. The zero-order valence-corrected chi connectivity index (χ0v) is 13.4. The van der Waals surface area contributed by atoms with Crippen LogP contribution in [-0.4, -0.2) is 28.3 Å². The molecule has 23 heavy (non-hydrogen) atoms. The summed E-state index contributed by atoms with van der Waals surface area (Å²) in [6, 6.07) is 8.85. The molecule has 0 heterocycles. The maximum absolute atomic E-state index is 12.2. The van der Waals surface area contributed by atoms with E-state index in [0.29, 0.717) is 18.4 Å². The summed E-state index contributed by atoms with van der Waals surface area (Å²) in [7, 11) is 0. The lowest BCUT2D eigenvalue weighted by Crippen LogP contribution is -2.55. The Labute approximate surface area is 136 Å². The monoisotopic (exact) mass is 317 g/mol. The van der Waals surface area contributed by atoms with Crippen LogP contribution >= 0.6 is 0 Å². The zero-order chi connectivity index (χ0) is 16.9. The third-order valence-corrected chi connectivity index (χ3v) is 4.61. The van der Waals surface area contributed by atoms with Gasteiger partial charge >= 0.3 is 5.97 Å². The number of carboxylic acids is 1. The van der Waals surface area contributed by atoms with Gasteiger partial charge in [0.25, 0.3) is 0 Å². The summed E-state index contributed by atoms with van der Waals surface area (Å²) >= 11 is 0. The lowest BCUT2D eigenvalue weighted by Gasteiger charge is -2.39. The van der Waals surface area contributed by atoms with Crippen molar-refractivity contribution < 1.29 is 19.5 Å². The summed E-state index contributed by atoms with van der Waals surface area (Å²) in [5.74, 6) is -1.77. The zero-order valence-electron chi connectivity index (χ0n) is 13.4. The average Bonchev–Trinajstić information content (AvgIpc) is 2.53. The highest BCUT2D eigenvalue weighted by atomic mass is 16.4. The van der Waals surface area contributed by atoms with Crippen LogP contribution in [0, 0.1) is 5.92 Å². The molecule has 2 N–H and O–H groups in total. The second-order valence-corrected chi connectivity index (χ2v) is 6.39. The van der Waals surface area contributed by atoms with Gasteiger partial charge in [0.1, 0.15) is 0 Å². The van der Waals surface area contributed by atoms with Crippen molar-refractivity contribution in [2.45, 2.75) is 51.0 Å².